The normalized spacial score (nSPS) is 10.7. The Bertz CT molecular complexity index is 640. The molecule has 0 bridgehead atoms. The SMILES string of the molecule is CC[NH+](CC)Cc1ccc(CNC(=S)NCCSc2ccccc2)cc1. The highest BCUT2D eigenvalue weighted by Crippen LogP contribution is 2.15. The van der Waals surface area contributed by atoms with Crippen molar-refractivity contribution in [1.82, 2.24) is 10.6 Å². The molecule has 3 N–H and O–H groups in total. The number of thioether (sulfide) groups is 1. The van der Waals surface area contributed by atoms with Crippen molar-refractivity contribution in [3.8, 4) is 0 Å². The molecule has 0 atom stereocenters. The van der Waals surface area contributed by atoms with E-state index in [9.17, 15) is 0 Å². The Kier molecular flexibility index (Phi) is 9.53. The van der Waals surface area contributed by atoms with Gasteiger partial charge in [-0.2, -0.15) is 0 Å². The van der Waals surface area contributed by atoms with E-state index < -0.39 is 0 Å². The predicted octanol–water partition coefficient (Wildman–Crippen LogP) is 2.87. The molecule has 0 aliphatic rings. The molecule has 2 aromatic rings. The topological polar surface area (TPSA) is 28.5 Å². The van der Waals surface area contributed by atoms with Crippen molar-refractivity contribution in [2.75, 3.05) is 25.4 Å². The Morgan fingerprint density at radius 1 is 0.923 bits per heavy atom. The summed E-state index contributed by atoms with van der Waals surface area (Å²) in [6.07, 6.45) is 0. The molecule has 0 spiro atoms. The molecule has 0 aliphatic heterocycles. The van der Waals surface area contributed by atoms with Crippen LogP contribution in [-0.2, 0) is 13.1 Å². The van der Waals surface area contributed by atoms with E-state index in [0.29, 0.717) is 0 Å². The van der Waals surface area contributed by atoms with Crippen LogP contribution in [0.5, 0.6) is 0 Å². The number of nitrogens with one attached hydrogen (secondary N) is 3. The molecule has 2 rings (SSSR count). The van der Waals surface area contributed by atoms with Crippen molar-refractivity contribution in [1.29, 1.82) is 0 Å². The summed E-state index contributed by atoms with van der Waals surface area (Å²) in [5.74, 6) is 0.994. The highest BCUT2D eigenvalue weighted by molar-refractivity contribution is 7.99. The minimum Gasteiger partial charge on any atom is -0.362 e. The smallest absolute Gasteiger partial charge is 0.166 e. The predicted molar refractivity (Wildman–Crippen MR) is 117 cm³/mol. The van der Waals surface area contributed by atoms with E-state index in [-0.39, 0.29) is 0 Å². The number of hydrogen-bond donors (Lipinski definition) is 3. The molecule has 0 amide bonds. The van der Waals surface area contributed by atoms with Crippen LogP contribution in [0.25, 0.3) is 0 Å². The van der Waals surface area contributed by atoms with Gasteiger partial charge >= 0.3 is 0 Å². The Morgan fingerprint density at radius 3 is 2.23 bits per heavy atom. The molecule has 0 radical (unpaired) electrons. The summed E-state index contributed by atoms with van der Waals surface area (Å²) in [7, 11) is 0. The Hall–Kier alpha value is -1.56. The maximum absolute atomic E-state index is 5.36. The van der Waals surface area contributed by atoms with Crippen molar-refractivity contribution >= 4 is 29.1 Å². The molecule has 0 fully saturated rings. The van der Waals surface area contributed by atoms with Gasteiger partial charge in [-0.1, -0.05) is 42.5 Å². The first-order chi connectivity index (χ1) is 12.7. The van der Waals surface area contributed by atoms with Gasteiger partial charge in [-0.15, -0.1) is 11.8 Å². The minimum atomic E-state index is 0.718. The molecule has 0 unspecified atom stereocenters. The quantitative estimate of drug-likeness (QED) is 0.332. The molecule has 140 valence electrons. The van der Waals surface area contributed by atoms with E-state index in [1.807, 2.05) is 17.8 Å². The summed E-state index contributed by atoms with van der Waals surface area (Å²) in [6.45, 7) is 9.53. The zero-order valence-electron chi connectivity index (χ0n) is 15.8. The maximum Gasteiger partial charge on any atom is 0.166 e. The minimum absolute atomic E-state index is 0.718. The van der Waals surface area contributed by atoms with Crippen LogP contribution >= 0.6 is 24.0 Å². The molecule has 0 aliphatic carbocycles. The molecular weight excluding hydrogens is 358 g/mol. The largest absolute Gasteiger partial charge is 0.362 e. The molecule has 0 saturated carbocycles. The molecule has 2 aromatic carbocycles. The Balaban J connectivity index is 1.64. The summed E-state index contributed by atoms with van der Waals surface area (Å²) in [5.41, 5.74) is 2.65. The van der Waals surface area contributed by atoms with Gasteiger partial charge in [0.1, 0.15) is 6.54 Å². The fourth-order valence-corrected chi connectivity index (χ4v) is 3.62. The number of rotatable bonds is 10. The lowest BCUT2D eigenvalue weighted by Gasteiger charge is -2.15. The fourth-order valence-electron chi connectivity index (χ4n) is 2.66. The number of benzene rings is 2. The summed E-state index contributed by atoms with van der Waals surface area (Å²) in [6, 6.07) is 19.3. The van der Waals surface area contributed by atoms with Gasteiger partial charge in [0.2, 0.25) is 0 Å². The zero-order valence-corrected chi connectivity index (χ0v) is 17.4. The van der Waals surface area contributed by atoms with Crippen LogP contribution in [0.1, 0.15) is 25.0 Å². The third-order valence-corrected chi connectivity index (χ3v) is 5.63. The van der Waals surface area contributed by atoms with E-state index in [1.54, 1.807) is 4.90 Å². The second-order valence-corrected chi connectivity index (χ2v) is 7.80. The van der Waals surface area contributed by atoms with E-state index in [0.717, 1.165) is 30.5 Å². The van der Waals surface area contributed by atoms with Crippen LogP contribution in [-0.4, -0.2) is 30.5 Å². The average Bonchev–Trinajstić information content (AvgIpc) is 2.69. The van der Waals surface area contributed by atoms with Crippen molar-refractivity contribution in [3.05, 3.63) is 65.7 Å². The van der Waals surface area contributed by atoms with Gasteiger partial charge in [-0.25, -0.2) is 0 Å². The molecule has 3 nitrogen and oxygen atoms in total. The molecule has 26 heavy (non-hydrogen) atoms. The first-order valence-corrected chi connectivity index (χ1v) is 10.7. The summed E-state index contributed by atoms with van der Waals surface area (Å²) in [4.78, 5) is 2.90. The van der Waals surface area contributed by atoms with Gasteiger partial charge in [0.05, 0.1) is 13.1 Å². The first kappa shape index (κ1) is 20.7. The molecule has 0 saturated heterocycles. The lowest BCUT2D eigenvalue weighted by Crippen LogP contribution is -3.10. The Morgan fingerprint density at radius 2 is 1.58 bits per heavy atom. The molecule has 5 heteroatoms. The number of quaternary nitrogens is 1. The third kappa shape index (κ3) is 7.77. The average molecular weight is 389 g/mol. The van der Waals surface area contributed by atoms with Gasteiger partial charge in [0, 0.05) is 29.3 Å². The van der Waals surface area contributed by atoms with Crippen LogP contribution in [0, 0.1) is 0 Å². The van der Waals surface area contributed by atoms with Gasteiger partial charge in [-0.05, 0) is 43.8 Å². The zero-order chi connectivity index (χ0) is 18.6. The monoisotopic (exact) mass is 388 g/mol. The van der Waals surface area contributed by atoms with Crippen LogP contribution in [0.15, 0.2) is 59.5 Å². The maximum atomic E-state index is 5.36. The lowest BCUT2D eigenvalue weighted by atomic mass is 10.1. The highest BCUT2D eigenvalue weighted by Gasteiger charge is 2.04. The van der Waals surface area contributed by atoms with Gasteiger partial charge in [0.25, 0.3) is 0 Å². The Labute approximate surface area is 167 Å². The van der Waals surface area contributed by atoms with Gasteiger partial charge in [-0.3, -0.25) is 0 Å². The summed E-state index contributed by atoms with van der Waals surface area (Å²) >= 11 is 7.20. The van der Waals surface area contributed by atoms with E-state index in [1.165, 1.54) is 29.1 Å². The standard InChI is InChI=1S/C21H29N3S2/c1-3-24(4-2)17-19-12-10-18(11-13-19)16-23-21(25)22-14-15-26-20-8-6-5-7-9-20/h5-13H,3-4,14-17H2,1-2H3,(H2,22,23,25)/p+1. The fraction of sp³-hybridized carbons (Fsp3) is 0.381. The van der Waals surface area contributed by atoms with Gasteiger partial charge in [0.15, 0.2) is 5.11 Å². The van der Waals surface area contributed by atoms with Gasteiger partial charge < -0.3 is 15.5 Å². The molecule has 0 heterocycles. The third-order valence-electron chi connectivity index (χ3n) is 4.33. The van der Waals surface area contributed by atoms with Crippen molar-refractivity contribution in [3.63, 3.8) is 0 Å². The van der Waals surface area contributed by atoms with Crippen LogP contribution in [0.4, 0.5) is 0 Å². The molecule has 0 aromatic heterocycles. The first-order valence-electron chi connectivity index (χ1n) is 9.32. The second kappa shape index (κ2) is 11.9. The summed E-state index contributed by atoms with van der Waals surface area (Å²) < 4.78 is 0. The van der Waals surface area contributed by atoms with E-state index in [4.69, 9.17) is 12.2 Å². The van der Waals surface area contributed by atoms with E-state index >= 15 is 0 Å². The number of hydrogen-bond acceptors (Lipinski definition) is 2. The van der Waals surface area contributed by atoms with Crippen LogP contribution in [0.2, 0.25) is 0 Å². The van der Waals surface area contributed by atoms with Crippen LogP contribution in [0.3, 0.4) is 0 Å². The molecular formula is C21H30N3S2+. The van der Waals surface area contributed by atoms with Crippen molar-refractivity contribution < 1.29 is 4.90 Å². The second-order valence-electron chi connectivity index (χ2n) is 6.22. The lowest BCUT2D eigenvalue weighted by molar-refractivity contribution is -0.910. The van der Waals surface area contributed by atoms with Crippen LogP contribution < -0.4 is 15.5 Å². The highest BCUT2D eigenvalue weighted by atomic mass is 32.2. The summed E-state index contributed by atoms with van der Waals surface area (Å²) in [5, 5.41) is 7.28. The van der Waals surface area contributed by atoms with Crippen molar-refractivity contribution in [2.45, 2.75) is 31.8 Å². The van der Waals surface area contributed by atoms with Crippen molar-refractivity contribution in [2.24, 2.45) is 0 Å². The van der Waals surface area contributed by atoms with E-state index in [2.05, 4.69) is 73.0 Å². The number of thiocarbonyl (C=S) groups is 1.